The zero-order valence-corrected chi connectivity index (χ0v) is 14.9. The summed E-state index contributed by atoms with van der Waals surface area (Å²) in [5, 5.41) is 0. The van der Waals surface area contributed by atoms with Crippen LogP contribution in [0.2, 0.25) is 0 Å². The minimum absolute atomic E-state index is 0.0354. The van der Waals surface area contributed by atoms with Crippen molar-refractivity contribution in [2.24, 2.45) is 0 Å². The van der Waals surface area contributed by atoms with E-state index in [1.54, 1.807) is 36.3 Å². The van der Waals surface area contributed by atoms with Gasteiger partial charge in [0.1, 0.15) is 5.82 Å². The van der Waals surface area contributed by atoms with Crippen molar-refractivity contribution in [3.05, 3.63) is 48.4 Å². The Labute approximate surface area is 152 Å². The molecule has 1 aliphatic rings. The number of methoxy groups -OCH3 is 1. The molecule has 1 saturated heterocycles. The van der Waals surface area contributed by atoms with E-state index in [1.165, 1.54) is 6.07 Å². The molecule has 7 heteroatoms. The van der Waals surface area contributed by atoms with Gasteiger partial charge in [0.15, 0.2) is 18.1 Å². The number of anilines is 1. The van der Waals surface area contributed by atoms with E-state index in [2.05, 4.69) is 4.98 Å². The molecule has 2 aromatic rings. The summed E-state index contributed by atoms with van der Waals surface area (Å²) < 4.78 is 24.2. The molecule has 1 aromatic heterocycles. The van der Waals surface area contributed by atoms with E-state index in [0.717, 1.165) is 0 Å². The minimum atomic E-state index is -0.501. The van der Waals surface area contributed by atoms with Crippen LogP contribution >= 0.6 is 0 Å². The average molecular weight is 359 g/mol. The lowest BCUT2D eigenvalue weighted by atomic mass is 10.2. The van der Waals surface area contributed by atoms with Gasteiger partial charge in [-0.3, -0.25) is 4.79 Å². The number of nitrogens with zero attached hydrogens (tertiary/aromatic N) is 3. The van der Waals surface area contributed by atoms with Gasteiger partial charge in [-0.05, 0) is 31.2 Å². The molecule has 3 rings (SSSR count). The highest BCUT2D eigenvalue weighted by atomic mass is 19.1. The van der Waals surface area contributed by atoms with Gasteiger partial charge >= 0.3 is 0 Å². The van der Waals surface area contributed by atoms with E-state index >= 15 is 0 Å². The Kier molecular flexibility index (Phi) is 5.55. The maximum absolute atomic E-state index is 13.3. The highest BCUT2D eigenvalue weighted by molar-refractivity contribution is 5.78. The van der Waals surface area contributed by atoms with Crippen molar-refractivity contribution in [2.75, 3.05) is 38.3 Å². The number of benzene rings is 1. The number of para-hydroxylation sites is 2. The Balaban J connectivity index is 1.57. The second-order valence-electron chi connectivity index (χ2n) is 6.14. The van der Waals surface area contributed by atoms with Crippen LogP contribution in [0.4, 0.5) is 10.2 Å². The molecule has 2 heterocycles. The molecule has 0 aliphatic carbocycles. The number of amides is 1. The maximum atomic E-state index is 13.3. The van der Waals surface area contributed by atoms with Crippen LogP contribution in [0, 0.1) is 5.95 Å². The number of hydrogen-bond acceptors (Lipinski definition) is 5. The zero-order chi connectivity index (χ0) is 18.5. The smallest absolute Gasteiger partial charge is 0.260 e. The van der Waals surface area contributed by atoms with Crippen LogP contribution in [0.5, 0.6) is 11.5 Å². The SMILES string of the molecule is COc1ccccc1OCC(=O)N1CCN(c2cccc(F)n2)C(C)C1. The predicted octanol–water partition coefficient (Wildman–Crippen LogP) is 2.35. The standard InChI is InChI=1S/C19H22FN3O3/c1-14-12-22(10-11-23(14)18-9-5-8-17(20)21-18)19(24)13-26-16-7-4-3-6-15(16)25-2/h3-9,14H,10-13H2,1-2H3. The largest absolute Gasteiger partial charge is 0.493 e. The van der Waals surface area contributed by atoms with Crippen LogP contribution in [-0.2, 0) is 4.79 Å². The first-order valence-electron chi connectivity index (χ1n) is 8.51. The summed E-state index contributed by atoms with van der Waals surface area (Å²) in [7, 11) is 1.56. The number of hydrogen-bond donors (Lipinski definition) is 0. The highest BCUT2D eigenvalue weighted by Gasteiger charge is 2.28. The Morgan fingerprint density at radius 2 is 1.96 bits per heavy atom. The molecule has 0 spiro atoms. The lowest BCUT2D eigenvalue weighted by Gasteiger charge is -2.40. The van der Waals surface area contributed by atoms with Gasteiger partial charge in [0.2, 0.25) is 5.95 Å². The van der Waals surface area contributed by atoms with E-state index < -0.39 is 5.95 Å². The normalized spacial score (nSPS) is 17.1. The fourth-order valence-electron chi connectivity index (χ4n) is 3.05. The lowest BCUT2D eigenvalue weighted by Crippen LogP contribution is -2.55. The first kappa shape index (κ1) is 18.0. The third-order valence-electron chi connectivity index (χ3n) is 4.40. The topological polar surface area (TPSA) is 54.9 Å². The van der Waals surface area contributed by atoms with E-state index in [-0.39, 0.29) is 18.6 Å². The second-order valence-corrected chi connectivity index (χ2v) is 6.14. The van der Waals surface area contributed by atoms with Crippen molar-refractivity contribution in [1.29, 1.82) is 0 Å². The molecule has 1 amide bonds. The molecular weight excluding hydrogens is 337 g/mol. The Hall–Kier alpha value is -2.83. The van der Waals surface area contributed by atoms with E-state index in [9.17, 15) is 9.18 Å². The summed E-state index contributed by atoms with van der Waals surface area (Å²) in [5.41, 5.74) is 0. The summed E-state index contributed by atoms with van der Waals surface area (Å²) >= 11 is 0. The number of rotatable bonds is 5. The Morgan fingerprint density at radius 3 is 2.65 bits per heavy atom. The van der Waals surface area contributed by atoms with Crippen molar-refractivity contribution < 1.29 is 18.7 Å². The summed E-state index contributed by atoms with van der Waals surface area (Å²) in [5.74, 6) is 1.14. The molecule has 0 bridgehead atoms. The summed E-state index contributed by atoms with van der Waals surface area (Å²) in [6.07, 6.45) is 0. The fraction of sp³-hybridized carbons (Fsp3) is 0.368. The van der Waals surface area contributed by atoms with Gasteiger partial charge in [0.25, 0.3) is 5.91 Å². The average Bonchev–Trinajstić information content (AvgIpc) is 2.66. The third kappa shape index (κ3) is 4.04. The number of carbonyl (C=O) groups is 1. The van der Waals surface area contributed by atoms with Gasteiger partial charge in [-0.1, -0.05) is 18.2 Å². The van der Waals surface area contributed by atoms with Gasteiger partial charge in [0, 0.05) is 25.7 Å². The number of halogens is 1. The number of ether oxygens (including phenoxy) is 2. The van der Waals surface area contributed by atoms with Crippen LogP contribution in [0.15, 0.2) is 42.5 Å². The van der Waals surface area contributed by atoms with Crippen LogP contribution in [0.1, 0.15) is 6.92 Å². The van der Waals surface area contributed by atoms with Crippen LogP contribution in [-0.4, -0.2) is 55.2 Å². The van der Waals surface area contributed by atoms with Crippen LogP contribution in [0.3, 0.4) is 0 Å². The number of pyridine rings is 1. The quantitative estimate of drug-likeness (QED) is 0.767. The van der Waals surface area contributed by atoms with Crippen LogP contribution < -0.4 is 14.4 Å². The molecule has 0 saturated carbocycles. The zero-order valence-electron chi connectivity index (χ0n) is 14.9. The van der Waals surface area contributed by atoms with Gasteiger partial charge in [0.05, 0.1) is 7.11 Å². The number of aromatic nitrogens is 1. The molecule has 1 aromatic carbocycles. The summed E-state index contributed by atoms with van der Waals surface area (Å²) in [6.45, 7) is 3.61. The minimum Gasteiger partial charge on any atom is -0.493 e. The highest BCUT2D eigenvalue weighted by Crippen LogP contribution is 2.26. The van der Waals surface area contributed by atoms with Crippen molar-refractivity contribution >= 4 is 11.7 Å². The van der Waals surface area contributed by atoms with Gasteiger partial charge < -0.3 is 19.3 Å². The predicted molar refractivity (Wildman–Crippen MR) is 96.1 cm³/mol. The molecule has 1 unspecified atom stereocenters. The molecule has 0 radical (unpaired) electrons. The third-order valence-corrected chi connectivity index (χ3v) is 4.40. The van der Waals surface area contributed by atoms with E-state index in [4.69, 9.17) is 9.47 Å². The molecule has 0 N–H and O–H groups in total. The lowest BCUT2D eigenvalue weighted by molar-refractivity contribution is -0.134. The van der Waals surface area contributed by atoms with Crippen LogP contribution in [0.25, 0.3) is 0 Å². The number of piperazine rings is 1. The van der Waals surface area contributed by atoms with Crippen molar-refractivity contribution in [1.82, 2.24) is 9.88 Å². The molecule has 1 fully saturated rings. The van der Waals surface area contributed by atoms with Crippen molar-refractivity contribution in [3.63, 3.8) is 0 Å². The number of carbonyl (C=O) groups excluding carboxylic acids is 1. The van der Waals surface area contributed by atoms with E-state index in [0.29, 0.717) is 37.0 Å². The fourth-order valence-corrected chi connectivity index (χ4v) is 3.05. The Bertz CT molecular complexity index is 771. The maximum Gasteiger partial charge on any atom is 0.260 e. The molecule has 138 valence electrons. The summed E-state index contributed by atoms with van der Waals surface area (Å²) in [4.78, 5) is 20.2. The molecule has 6 nitrogen and oxygen atoms in total. The van der Waals surface area contributed by atoms with Crippen molar-refractivity contribution in [3.8, 4) is 11.5 Å². The first-order chi connectivity index (χ1) is 12.6. The first-order valence-corrected chi connectivity index (χ1v) is 8.51. The summed E-state index contributed by atoms with van der Waals surface area (Å²) in [6, 6.07) is 12.0. The van der Waals surface area contributed by atoms with Gasteiger partial charge in [-0.2, -0.15) is 4.39 Å². The van der Waals surface area contributed by atoms with E-state index in [1.807, 2.05) is 24.0 Å². The van der Waals surface area contributed by atoms with Gasteiger partial charge in [-0.15, -0.1) is 0 Å². The Morgan fingerprint density at radius 1 is 1.19 bits per heavy atom. The monoisotopic (exact) mass is 359 g/mol. The van der Waals surface area contributed by atoms with Crippen molar-refractivity contribution in [2.45, 2.75) is 13.0 Å². The molecule has 26 heavy (non-hydrogen) atoms. The molecule has 1 atom stereocenters. The van der Waals surface area contributed by atoms with Gasteiger partial charge in [-0.25, -0.2) is 4.98 Å². The molecular formula is C19H22FN3O3. The second kappa shape index (κ2) is 8.03. The molecule has 1 aliphatic heterocycles.